The van der Waals surface area contributed by atoms with Crippen molar-refractivity contribution in [2.24, 2.45) is 0 Å². The van der Waals surface area contributed by atoms with Crippen molar-refractivity contribution in [3.05, 3.63) is 65.7 Å². The Morgan fingerprint density at radius 1 is 1.04 bits per heavy atom. The molecule has 0 bridgehead atoms. The van der Waals surface area contributed by atoms with Crippen molar-refractivity contribution in [1.82, 2.24) is 5.32 Å². The Kier molecular flexibility index (Phi) is 7.50. The van der Waals surface area contributed by atoms with Crippen molar-refractivity contribution in [2.45, 2.75) is 26.4 Å². The van der Waals surface area contributed by atoms with Crippen molar-refractivity contribution in [3.8, 4) is 5.75 Å². The van der Waals surface area contributed by atoms with Crippen molar-refractivity contribution < 1.29 is 19.1 Å². The normalized spacial score (nSPS) is 10.1. The summed E-state index contributed by atoms with van der Waals surface area (Å²) in [5, 5.41) is 2.70. The smallest absolute Gasteiger partial charge is 0.338 e. The van der Waals surface area contributed by atoms with Crippen LogP contribution in [0.1, 0.15) is 35.7 Å². The van der Waals surface area contributed by atoms with E-state index in [9.17, 15) is 9.59 Å². The van der Waals surface area contributed by atoms with Gasteiger partial charge in [-0.1, -0.05) is 49.7 Å². The number of amides is 1. The van der Waals surface area contributed by atoms with Crippen LogP contribution >= 0.6 is 0 Å². The zero-order valence-electron chi connectivity index (χ0n) is 14.4. The number of rotatable bonds is 9. The highest BCUT2D eigenvalue weighted by Gasteiger charge is 2.11. The van der Waals surface area contributed by atoms with Crippen molar-refractivity contribution in [1.29, 1.82) is 0 Å². The van der Waals surface area contributed by atoms with E-state index in [2.05, 4.69) is 5.32 Å². The van der Waals surface area contributed by atoms with Gasteiger partial charge >= 0.3 is 5.97 Å². The van der Waals surface area contributed by atoms with Crippen LogP contribution in [-0.4, -0.2) is 25.0 Å². The van der Waals surface area contributed by atoms with Gasteiger partial charge in [0.05, 0.1) is 5.56 Å². The molecule has 132 valence electrons. The van der Waals surface area contributed by atoms with Gasteiger partial charge in [-0.15, -0.1) is 0 Å². The maximum atomic E-state index is 12.0. The lowest BCUT2D eigenvalue weighted by Crippen LogP contribution is -2.29. The topological polar surface area (TPSA) is 64.6 Å². The van der Waals surface area contributed by atoms with Gasteiger partial charge in [0, 0.05) is 6.54 Å². The molecule has 25 heavy (non-hydrogen) atoms. The number of nitrogens with one attached hydrogen (secondary N) is 1. The van der Waals surface area contributed by atoms with Gasteiger partial charge < -0.3 is 14.8 Å². The van der Waals surface area contributed by atoms with E-state index in [1.54, 1.807) is 24.3 Å². The Balaban J connectivity index is 1.83. The van der Waals surface area contributed by atoms with Gasteiger partial charge in [0.25, 0.3) is 5.91 Å². The van der Waals surface area contributed by atoms with E-state index in [-0.39, 0.29) is 12.5 Å². The summed E-state index contributed by atoms with van der Waals surface area (Å²) < 4.78 is 10.7. The summed E-state index contributed by atoms with van der Waals surface area (Å²) in [7, 11) is 0. The zero-order chi connectivity index (χ0) is 17.9. The first-order valence-corrected chi connectivity index (χ1v) is 8.39. The Labute approximate surface area is 148 Å². The van der Waals surface area contributed by atoms with Crippen LogP contribution in [0.3, 0.4) is 0 Å². The van der Waals surface area contributed by atoms with E-state index in [1.165, 1.54) is 0 Å². The van der Waals surface area contributed by atoms with Crippen LogP contribution in [0, 0.1) is 0 Å². The quantitative estimate of drug-likeness (QED) is 0.561. The van der Waals surface area contributed by atoms with E-state index in [1.807, 2.05) is 37.3 Å². The Bertz CT molecular complexity index is 685. The highest BCUT2D eigenvalue weighted by atomic mass is 16.5. The molecule has 0 radical (unpaired) electrons. The number of esters is 1. The molecule has 2 rings (SSSR count). The summed E-state index contributed by atoms with van der Waals surface area (Å²) in [6, 6.07) is 16.5. The zero-order valence-corrected chi connectivity index (χ0v) is 14.4. The Hall–Kier alpha value is -2.82. The average Bonchev–Trinajstić information content (AvgIpc) is 2.66. The van der Waals surface area contributed by atoms with Crippen LogP contribution in [0.4, 0.5) is 0 Å². The molecule has 0 unspecified atom stereocenters. The summed E-state index contributed by atoms with van der Waals surface area (Å²) in [4.78, 5) is 23.6. The first kappa shape index (κ1) is 18.5. The second-order valence-electron chi connectivity index (χ2n) is 5.58. The van der Waals surface area contributed by atoms with Crippen LogP contribution in [0.2, 0.25) is 0 Å². The maximum absolute atomic E-state index is 12.0. The van der Waals surface area contributed by atoms with Gasteiger partial charge in [0.1, 0.15) is 12.4 Å². The fraction of sp³-hybridized carbons (Fsp3) is 0.300. The molecule has 0 aliphatic rings. The van der Waals surface area contributed by atoms with Gasteiger partial charge in [-0.2, -0.15) is 0 Å². The average molecular weight is 341 g/mol. The molecule has 0 spiro atoms. The second-order valence-corrected chi connectivity index (χ2v) is 5.58. The largest absolute Gasteiger partial charge is 0.489 e. The van der Waals surface area contributed by atoms with E-state index >= 15 is 0 Å². The van der Waals surface area contributed by atoms with Gasteiger partial charge in [-0.3, -0.25) is 4.79 Å². The highest BCUT2D eigenvalue weighted by molar-refractivity contribution is 5.91. The molecule has 1 amide bonds. The minimum atomic E-state index is -0.546. The first-order chi connectivity index (χ1) is 12.2. The minimum absolute atomic E-state index is 0.280. The molecule has 0 aromatic heterocycles. The lowest BCUT2D eigenvalue weighted by molar-refractivity contribution is -0.124. The van der Waals surface area contributed by atoms with Crippen LogP contribution in [0.5, 0.6) is 5.75 Å². The van der Waals surface area contributed by atoms with Crippen LogP contribution in [-0.2, 0) is 16.1 Å². The van der Waals surface area contributed by atoms with Gasteiger partial charge in [0.15, 0.2) is 6.61 Å². The molecule has 0 aliphatic carbocycles. The molecule has 0 fully saturated rings. The van der Waals surface area contributed by atoms with E-state index in [0.29, 0.717) is 24.5 Å². The summed E-state index contributed by atoms with van der Waals surface area (Å²) >= 11 is 0. The predicted molar refractivity (Wildman–Crippen MR) is 95.4 cm³/mol. The number of carbonyl (C=O) groups excluding carboxylic acids is 2. The third kappa shape index (κ3) is 6.67. The molecule has 5 heteroatoms. The van der Waals surface area contributed by atoms with E-state index in [4.69, 9.17) is 9.47 Å². The Morgan fingerprint density at radius 3 is 2.60 bits per heavy atom. The number of carbonyl (C=O) groups is 2. The first-order valence-electron chi connectivity index (χ1n) is 8.39. The summed E-state index contributed by atoms with van der Waals surface area (Å²) in [6.07, 6.45) is 1.90. The van der Waals surface area contributed by atoms with Crippen LogP contribution < -0.4 is 10.1 Å². The van der Waals surface area contributed by atoms with Crippen LogP contribution in [0.25, 0.3) is 0 Å². The minimum Gasteiger partial charge on any atom is -0.489 e. The number of hydrogen-bond acceptors (Lipinski definition) is 4. The Morgan fingerprint density at radius 2 is 1.84 bits per heavy atom. The molecular formula is C20H23NO4. The van der Waals surface area contributed by atoms with E-state index in [0.717, 1.165) is 18.4 Å². The molecule has 1 N–H and O–H groups in total. The van der Waals surface area contributed by atoms with Crippen molar-refractivity contribution in [3.63, 3.8) is 0 Å². The monoisotopic (exact) mass is 341 g/mol. The number of ether oxygens (including phenoxy) is 2. The summed E-state index contributed by atoms with van der Waals surface area (Å²) in [6.45, 7) is 2.77. The number of hydrogen-bond donors (Lipinski definition) is 1. The SMILES string of the molecule is CCCCNC(=O)COC(=O)c1cccc(OCc2ccccc2)c1. The third-order valence-electron chi connectivity index (χ3n) is 3.50. The molecule has 0 saturated carbocycles. The van der Waals surface area contributed by atoms with Crippen LogP contribution in [0.15, 0.2) is 54.6 Å². The maximum Gasteiger partial charge on any atom is 0.338 e. The fourth-order valence-corrected chi connectivity index (χ4v) is 2.12. The predicted octanol–water partition coefficient (Wildman–Crippen LogP) is 3.34. The highest BCUT2D eigenvalue weighted by Crippen LogP contribution is 2.16. The molecular weight excluding hydrogens is 318 g/mol. The van der Waals surface area contributed by atoms with Gasteiger partial charge in [-0.05, 0) is 30.2 Å². The van der Waals surface area contributed by atoms with Gasteiger partial charge in [0.2, 0.25) is 0 Å². The third-order valence-corrected chi connectivity index (χ3v) is 3.50. The number of unbranched alkanes of at least 4 members (excludes halogenated alkanes) is 1. The lowest BCUT2D eigenvalue weighted by atomic mass is 10.2. The van der Waals surface area contributed by atoms with E-state index < -0.39 is 5.97 Å². The summed E-state index contributed by atoms with van der Waals surface area (Å²) in [5.41, 5.74) is 1.39. The lowest BCUT2D eigenvalue weighted by Gasteiger charge is -2.09. The fourth-order valence-electron chi connectivity index (χ4n) is 2.12. The molecule has 2 aromatic carbocycles. The second kappa shape index (κ2) is 10.1. The molecule has 2 aromatic rings. The molecule has 0 saturated heterocycles. The molecule has 0 atom stereocenters. The number of benzene rings is 2. The summed E-state index contributed by atoms with van der Waals surface area (Å²) in [5.74, 6) is -0.264. The standard InChI is InChI=1S/C20H23NO4/c1-2-3-12-21-19(22)15-25-20(23)17-10-7-11-18(13-17)24-14-16-8-5-4-6-9-16/h4-11,13H,2-3,12,14-15H2,1H3,(H,21,22). The molecule has 0 heterocycles. The molecule has 0 aliphatic heterocycles. The van der Waals surface area contributed by atoms with Crippen molar-refractivity contribution in [2.75, 3.05) is 13.2 Å². The van der Waals surface area contributed by atoms with Crippen molar-refractivity contribution >= 4 is 11.9 Å². The van der Waals surface area contributed by atoms with Gasteiger partial charge in [-0.25, -0.2) is 4.79 Å². The molecule has 5 nitrogen and oxygen atoms in total.